The number of amides is 1. The molecule has 0 aromatic rings. The minimum absolute atomic E-state index is 0.268. The standard InChI is InChI=1S/C6H8BrF2NO/c1-4(7)5(11)10-2-6(8,9)3-10/h4H,2-3H2,1H3. The van der Waals surface area contributed by atoms with Gasteiger partial charge in [-0.3, -0.25) is 4.79 Å². The summed E-state index contributed by atoms with van der Waals surface area (Å²) in [5.74, 6) is -2.92. The summed E-state index contributed by atoms with van der Waals surface area (Å²) in [5.41, 5.74) is 0. The van der Waals surface area contributed by atoms with Gasteiger partial charge >= 0.3 is 0 Å². The van der Waals surface area contributed by atoms with Gasteiger partial charge in [-0.05, 0) is 6.92 Å². The van der Waals surface area contributed by atoms with Gasteiger partial charge in [0.1, 0.15) is 0 Å². The topological polar surface area (TPSA) is 20.3 Å². The van der Waals surface area contributed by atoms with E-state index in [9.17, 15) is 13.6 Å². The first-order chi connectivity index (χ1) is 4.92. The summed E-state index contributed by atoms with van der Waals surface area (Å²) in [4.78, 5) is 11.7. The van der Waals surface area contributed by atoms with Crippen LogP contribution in [0.15, 0.2) is 0 Å². The van der Waals surface area contributed by atoms with Gasteiger partial charge in [0, 0.05) is 0 Å². The monoisotopic (exact) mass is 227 g/mol. The maximum atomic E-state index is 12.2. The number of alkyl halides is 3. The molecule has 1 unspecified atom stereocenters. The number of nitrogens with zero attached hydrogens (tertiary/aromatic N) is 1. The van der Waals surface area contributed by atoms with E-state index in [4.69, 9.17) is 0 Å². The van der Waals surface area contributed by atoms with Crippen LogP contribution in [0.4, 0.5) is 8.78 Å². The first-order valence-corrected chi connectivity index (χ1v) is 4.15. The molecule has 0 radical (unpaired) electrons. The molecule has 11 heavy (non-hydrogen) atoms. The minimum Gasteiger partial charge on any atom is -0.330 e. The quantitative estimate of drug-likeness (QED) is 0.618. The van der Waals surface area contributed by atoms with E-state index < -0.39 is 19.0 Å². The Bertz CT molecular complexity index is 175. The minimum atomic E-state index is -2.66. The largest absolute Gasteiger partial charge is 0.330 e. The van der Waals surface area contributed by atoms with Gasteiger partial charge in [0.15, 0.2) is 0 Å². The van der Waals surface area contributed by atoms with E-state index in [1.165, 1.54) is 0 Å². The van der Waals surface area contributed by atoms with Crippen LogP contribution < -0.4 is 0 Å². The Morgan fingerprint density at radius 3 is 2.36 bits per heavy atom. The zero-order chi connectivity index (χ0) is 8.65. The van der Waals surface area contributed by atoms with Crippen molar-refractivity contribution >= 4 is 21.8 Å². The molecule has 1 aliphatic rings. The van der Waals surface area contributed by atoms with E-state index in [0.717, 1.165) is 4.90 Å². The van der Waals surface area contributed by atoms with Crippen LogP contribution in [0.5, 0.6) is 0 Å². The fourth-order valence-corrected chi connectivity index (χ4v) is 1.21. The van der Waals surface area contributed by atoms with Gasteiger partial charge in [0.05, 0.1) is 17.9 Å². The summed E-state index contributed by atoms with van der Waals surface area (Å²) in [6.07, 6.45) is 0. The molecule has 0 saturated carbocycles. The molecule has 1 atom stereocenters. The van der Waals surface area contributed by atoms with Crippen molar-refractivity contribution in [1.82, 2.24) is 4.90 Å². The van der Waals surface area contributed by atoms with Crippen molar-refractivity contribution < 1.29 is 13.6 Å². The van der Waals surface area contributed by atoms with Crippen LogP contribution in [-0.2, 0) is 4.79 Å². The average molecular weight is 228 g/mol. The molecule has 2 nitrogen and oxygen atoms in total. The first-order valence-electron chi connectivity index (χ1n) is 3.23. The number of likely N-dealkylation sites (tertiary alicyclic amines) is 1. The molecule has 1 heterocycles. The molecular formula is C6H8BrF2NO. The first kappa shape index (κ1) is 8.90. The van der Waals surface area contributed by atoms with E-state index in [1.807, 2.05) is 0 Å². The van der Waals surface area contributed by atoms with E-state index >= 15 is 0 Å². The molecule has 0 spiro atoms. The SMILES string of the molecule is CC(Br)C(=O)N1CC(F)(F)C1. The Balaban J connectivity index is 2.38. The van der Waals surface area contributed by atoms with Crippen molar-refractivity contribution in [2.24, 2.45) is 0 Å². The van der Waals surface area contributed by atoms with E-state index in [-0.39, 0.29) is 10.7 Å². The normalized spacial score (nSPS) is 24.2. The van der Waals surface area contributed by atoms with Crippen LogP contribution in [0.2, 0.25) is 0 Å². The lowest BCUT2D eigenvalue weighted by Crippen LogP contribution is -2.59. The van der Waals surface area contributed by atoms with Crippen molar-refractivity contribution in [3.05, 3.63) is 0 Å². The highest BCUT2D eigenvalue weighted by molar-refractivity contribution is 9.10. The molecule has 64 valence electrons. The smallest absolute Gasteiger partial charge is 0.282 e. The summed E-state index contributed by atoms with van der Waals surface area (Å²) in [6, 6.07) is 0. The Hall–Kier alpha value is -0.190. The Morgan fingerprint density at radius 1 is 1.64 bits per heavy atom. The second kappa shape index (κ2) is 2.69. The number of carbonyl (C=O) groups is 1. The van der Waals surface area contributed by atoms with Crippen molar-refractivity contribution in [3.8, 4) is 0 Å². The fourth-order valence-electron chi connectivity index (χ4n) is 0.920. The summed E-state index contributed by atoms with van der Waals surface area (Å²) in [7, 11) is 0. The van der Waals surface area contributed by atoms with Gasteiger partial charge in [0.25, 0.3) is 5.92 Å². The third-order valence-corrected chi connectivity index (χ3v) is 1.89. The van der Waals surface area contributed by atoms with Gasteiger partial charge in [-0.1, -0.05) is 15.9 Å². The third-order valence-electron chi connectivity index (χ3n) is 1.50. The highest BCUT2D eigenvalue weighted by Crippen LogP contribution is 2.27. The second-order valence-corrected chi connectivity index (χ2v) is 4.04. The molecule has 0 bridgehead atoms. The summed E-state index contributed by atoms with van der Waals surface area (Å²) < 4.78 is 24.4. The molecule has 0 N–H and O–H groups in total. The van der Waals surface area contributed by atoms with Crippen molar-refractivity contribution in [2.75, 3.05) is 13.1 Å². The predicted molar refractivity (Wildman–Crippen MR) is 39.9 cm³/mol. The summed E-state index contributed by atoms with van der Waals surface area (Å²) in [5, 5.41) is 0. The van der Waals surface area contributed by atoms with Crippen LogP contribution in [0.1, 0.15) is 6.92 Å². The average Bonchev–Trinajstić information content (AvgIpc) is 1.80. The highest BCUT2D eigenvalue weighted by atomic mass is 79.9. The molecule has 1 rings (SSSR count). The lowest BCUT2D eigenvalue weighted by molar-refractivity contribution is -0.164. The third kappa shape index (κ3) is 1.89. The second-order valence-electron chi connectivity index (χ2n) is 2.67. The molecule has 1 amide bonds. The molecule has 5 heteroatoms. The lowest BCUT2D eigenvalue weighted by Gasteiger charge is -2.39. The molecule has 0 aromatic heterocycles. The van der Waals surface area contributed by atoms with E-state index in [1.54, 1.807) is 6.92 Å². The van der Waals surface area contributed by atoms with Crippen LogP contribution in [0.3, 0.4) is 0 Å². The Morgan fingerprint density at radius 2 is 2.09 bits per heavy atom. The van der Waals surface area contributed by atoms with Crippen LogP contribution in [0, 0.1) is 0 Å². The molecule has 1 saturated heterocycles. The Kier molecular flexibility index (Phi) is 2.18. The molecule has 1 fully saturated rings. The van der Waals surface area contributed by atoms with Crippen molar-refractivity contribution in [1.29, 1.82) is 0 Å². The van der Waals surface area contributed by atoms with Gasteiger partial charge in [-0.15, -0.1) is 0 Å². The van der Waals surface area contributed by atoms with Gasteiger partial charge in [-0.25, -0.2) is 8.78 Å². The maximum Gasteiger partial charge on any atom is 0.282 e. The molecular weight excluding hydrogens is 220 g/mol. The summed E-state index contributed by atoms with van der Waals surface area (Å²) >= 11 is 3.02. The number of carbonyl (C=O) groups excluding carboxylic acids is 1. The zero-order valence-corrected chi connectivity index (χ0v) is 7.57. The number of rotatable bonds is 1. The molecule has 0 aromatic carbocycles. The fraction of sp³-hybridized carbons (Fsp3) is 0.833. The van der Waals surface area contributed by atoms with E-state index in [0.29, 0.717) is 0 Å². The number of hydrogen-bond donors (Lipinski definition) is 0. The van der Waals surface area contributed by atoms with Gasteiger partial charge < -0.3 is 4.90 Å². The number of hydrogen-bond acceptors (Lipinski definition) is 1. The molecule has 1 aliphatic heterocycles. The van der Waals surface area contributed by atoms with E-state index in [2.05, 4.69) is 15.9 Å². The highest BCUT2D eigenvalue weighted by Gasteiger charge is 2.46. The van der Waals surface area contributed by atoms with Crippen molar-refractivity contribution in [2.45, 2.75) is 17.7 Å². The lowest BCUT2D eigenvalue weighted by atomic mass is 10.1. The van der Waals surface area contributed by atoms with Crippen molar-refractivity contribution in [3.63, 3.8) is 0 Å². The predicted octanol–water partition coefficient (Wildman–Crippen LogP) is 1.25. The molecule has 0 aliphatic carbocycles. The van der Waals surface area contributed by atoms with Gasteiger partial charge in [0.2, 0.25) is 5.91 Å². The van der Waals surface area contributed by atoms with Gasteiger partial charge in [-0.2, -0.15) is 0 Å². The summed E-state index contributed by atoms with van der Waals surface area (Å²) in [6.45, 7) is 0.766. The maximum absolute atomic E-state index is 12.2. The Labute approximate surface area is 71.7 Å². The zero-order valence-electron chi connectivity index (χ0n) is 5.98. The van der Waals surface area contributed by atoms with Crippen LogP contribution >= 0.6 is 15.9 Å². The van der Waals surface area contributed by atoms with Crippen LogP contribution in [-0.4, -0.2) is 34.6 Å². The number of halogens is 3. The van der Waals surface area contributed by atoms with Crippen LogP contribution in [0.25, 0.3) is 0 Å².